The summed E-state index contributed by atoms with van der Waals surface area (Å²) in [6, 6.07) is 7.04. The normalized spacial score (nSPS) is 35.1. The van der Waals surface area contributed by atoms with Gasteiger partial charge in [0.15, 0.2) is 0 Å². The highest BCUT2D eigenvalue weighted by Crippen LogP contribution is 2.49. The Balaban J connectivity index is 1.95. The molecular weight excluding hydrogens is 177 g/mol. The predicted molar refractivity (Wildman–Crippen MR) is 53.4 cm³/mol. The van der Waals surface area contributed by atoms with Crippen LogP contribution in [0.25, 0.3) is 0 Å². The van der Waals surface area contributed by atoms with Crippen molar-refractivity contribution in [3.8, 4) is 0 Å². The topological polar surface area (TPSA) is 12.0 Å². The second-order valence-corrected chi connectivity index (χ2v) is 4.58. The molecule has 0 aromatic heterocycles. The highest BCUT2D eigenvalue weighted by molar-refractivity contribution is 5.29. The molecular formula is C12H14FN. The molecule has 3 aliphatic rings. The van der Waals surface area contributed by atoms with Crippen LogP contribution in [0.5, 0.6) is 0 Å². The first kappa shape index (κ1) is 8.42. The van der Waals surface area contributed by atoms with E-state index in [9.17, 15) is 4.39 Å². The number of halogens is 1. The number of rotatable bonds is 1. The molecule has 1 aromatic carbocycles. The monoisotopic (exact) mass is 191 g/mol. The van der Waals surface area contributed by atoms with Crippen molar-refractivity contribution in [1.29, 1.82) is 0 Å². The van der Waals surface area contributed by atoms with Crippen LogP contribution in [0.3, 0.4) is 0 Å². The van der Waals surface area contributed by atoms with Gasteiger partial charge in [0.25, 0.3) is 0 Å². The predicted octanol–water partition coefficient (Wildman–Crippen LogP) is 2.42. The molecule has 74 valence electrons. The van der Waals surface area contributed by atoms with Gasteiger partial charge in [-0.25, -0.2) is 4.39 Å². The molecule has 1 N–H and O–H groups in total. The first-order chi connectivity index (χ1) is 6.78. The highest BCUT2D eigenvalue weighted by Gasteiger charge is 2.47. The van der Waals surface area contributed by atoms with Gasteiger partial charge < -0.3 is 5.32 Å². The van der Waals surface area contributed by atoms with E-state index in [2.05, 4.69) is 5.32 Å². The molecule has 0 unspecified atom stereocenters. The molecule has 1 aliphatic carbocycles. The molecule has 1 saturated carbocycles. The van der Waals surface area contributed by atoms with E-state index in [0.29, 0.717) is 0 Å². The number of nitrogens with one attached hydrogen (secondary N) is 1. The standard InChI is InChI=1S/C12H14FN/c13-11-3-1-2-10(6-11)12-7-9(8-12)4-5-14-12/h1-3,6,9,14H,4-5,7-8H2. The average molecular weight is 191 g/mol. The van der Waals surface area contributed by atoms with Crippen LogP contribution in [0.2, 0.25) is 0 Å². The third-order valence-corrected chi connectivity index (χ3v) is 3.67. The number of hydrogen-bond acceptors (Lipinski definition) is 1. The van der Waals surface area contributed by atoms with Crippen molar-refractivity contribution in [2.45, 2.75) is 24.8 Å². The third kappa shape index (κ3) is 1.10. The van der Waals surface area contributed by atoms with Crippen LogP contribution in [0, 0.1) is 11.7 Å². The summed E-state index contributed by atoms with van der Waals surface area (Å²) in [5, 5.41) is 3.54. The van der Waals surface area contributed by atoms with Crippen molar-refractivity contribution in [3.63, 3.8) is 0 Å². The molecule has 0 spiro atoms. The number of piperidine rings is 2. The zero-order valence-corrected chi connectivity index (χ0v) is 8.09. The first-order valence-electron chi connectivity index (χ1n) is 5.30. The third-order valence-electron chi connectivity index (χ3n) is 3.67. The van der Waals surface area contributed by atoms with E-state index in [4.69, 9.17) is 0 Å². The minimum absolute atomic E-state index is 0.116. The Morgan fingerprint density at radius 3 is 2.86 bits per heavy atom. The maximum absolute atomic E-state index is 13.1. The minimum Gasteiger partial charge on any atom is -0.307 e. The minimum atomic E-state index is -0.118. The molecule has 1 aromatic rings. The Hall–Kier alpha value is -0.890. The van der Waals surface area contributed by atoms with Crippen molar-refractivity contribution in [2.24, 2.45) is 5.92 Å². The molecule has 2 heteroatoms. The lowest BCUT2D eigenvalue weighted by Crippen LogP contribution is -2.57. The summed E-state index contributed by atoms with van der Waals surface area (Å²) in [6.45, 7) is 1.08. The lowest BCUT2D eigenvalue weighted by Gasteiger charge is -2.53. The fraction of sp³-hybridized carbons (Fsp3) is 0.500. The summed E-state index contributed by atoms with van der Waals surface area (Å²) in [5.41, 5.74) is 1.25. The Labute approximate surface area is 83.3 Å². The van der Waals surface area contributed by atoms with E-state index in [-0.39, 0.29) is 11.4 Å². The molecule has 2 bridgehead atoms. The van der Waals surface area contributed by atoms with E-state index in [1.165, 1.54) is 25.3 Å². The second-order valence-electron chi connectivity index (χ2n) is 4.58. The molecule has 2 saturated heterocycles. The maximum atomic E-state index is 13.1. The van der Waals surface area contributed by atoms with E-state index < -0.39 is 0 Å². The van der Waals surface area contributed by atoms with Crippen molar-refractivity contribution in [2.75, 3.05) is 6.54 Å². The molecule has 2 aliphatic heterocycles. The number of benzene rings is 1. The van der Waals surface area contributed by atoms with Crippen LogP contribution in [0.15, 0.2) is 24.3 Å². The van der Waals surface area contributed by atoms with Crippen molar-refractivity contribution >= 4 is 0 Å². The summed E-state index contributed by atoms with van der Waals surface area (Å²) >= 11 is 0. The smallest absolute Gasteiger partial charge is 0.123 e. The van der Waals surface area contributed by atoms with Gasteiger partial charge in [0.05, 0.1) is 0 Å². The van der Waals surface area contributed by atoms with E-state index in [1.54, 1.807) is 6.07 Å². The van der Waals surface area contributed by atoms with Gasteiger partial charge in [0.1, 0.15) is 5.82 Å². The van der Waals surface area contributed by atoms with E-state index >= 15 is 0 Å². The fourth-order valence-corrected chi connectivity index (χ4v) is 2.91. The van der Waals surface area contributed by atoms with Crippen molar-refractivity contribution in [1.82, 2.24) is 5.32 Å². The molecule has 0 atom stereocenters. The largest absolute Gasteiger partial charge is 0.307 e. The van der Waals surface area contributed by atoms with E-state index in [1.807, 2.05) is 12.1 Å². The van der Waals surface area contributed by atoms with Crippen molar-refractivity contribution < 1.29 is 4.39 Å². The van der Waals surface area contributed by atoms with Crippen LogP contribution >= 0.6 is 0 Å². The zero-order valence-electron chi connectivity index (χ0n) is 8.09. The summed E-state index contributed by atoms with van der Waals surface area (Å²) < 4.78 is 13.1. The quantitative estimate of drug-likeness (QED) is 0.718. The van der Waals surface area contributed by atoms with Gasteiger partial charge in [-0.2, -0.15) is 0 Å². The van der Waals surface area contributed by atoms with E-state index in [0.717, 1.165) is 18.0 Å². The summed E-state index contributed by atoms with van der Waals surface area (Å²) in [4.78, 5) is 0. The highest BCUT2D eigenvalue weighted by atomic mass is 19.1. The average Bonchev–Trinajstić information content (AvgIpc) is 2.17. The molecule has 1 nitrogen and oxygen atoms in total. The molecule has 3 fully saturated rings. The van der Waals surface area contributed by atoms with Gasteiger partial charge >= 0.3 is 0 Å². The molecule has 14 heavy (non-hydrogen) atoms. The zero-order chi connectivity index (χ0) is 9.60. The van der Waals surface area contributed by atoms with Gasteiger partial charge in [0, 0.05) is 5.54 Å². The van der Waals surface area contributed by atoms with Crippen LogP contribution in [-0.2, 0) is 5.54 Å². The Kier molecular flexibility index (Phi) is 1.68. The van der Waals surface area contributed by atoms with Crippen LogP contribution in [0.1, 0.15) is 24.8 Å². The first-order valence-corrected chi connectivity index (χ1v) is 5.30. The Bertz CT molecular complexity index is 350. The molecule has 4 rings (SSSR count). The van der Waals surface area contributed by atoms with Crippen LogP contribution in [-0.4, -0.2) is 6.54 Å². The molecule has 0 radical (unpaired) electrons. The lowest BCUT2D eigenvalue weighted by molar-refractivity contribution is 0.0499. The molecule has 0 amide bonds. The summed E-state index contributed by atoms with van der Waals surface area (Å²) in [7, 11) is 0. The van der Waals surface area contributed by atoms with Crippen molar-refractivity contribution in [3.05, 3.63) is 35.6 Å². The number of hydrogen-bond donors (Lipinski definition) is 1. The van der Waals surface area contributed by atoms with Gasteiger partial charge in [-0.1, -0.05) is 12.1 Å². The van der Waals surface area contributed by atoms with Crippen LogP contribution in [0.4, 0.5) is 4.39 Å². The van der Waals surface area contributed by atoms with Gasteiger partial charge in [-0.05, 0) is 49.4 Å². The fourth-order valence-electron chi connectivity index (χ4n) is 2.91. The summed E-state index contributed by atoms with van der Waals surface area (Å²) in [6.07, 6.45) is 3.67. The van der Waals surface area contributed by atoms with Gasteiger partial charge in [0.2, 0.25) is 0 Å². The summed E-state index contributed by atoms with van der Waals surface area (Å²) in [5.74, 6) is 0.757. The second kappa shape index (κ2) is 2.80. The SMILES string of the molecule is Fc1cccc(C23CC(CCN2)C3)c1. The maximum Gasteiger partial charge on any atom is 0.123 e. The molecule has 2 heterocycles. The van der Waals surface area contributed by atoms with Crippen LogP contribution < -0.4 is 5.32 Å². The Morgan fingerprint density at radius 2 is 2.21 bits per heavy atom. The Morgan fingerprint density at radius 1 is 1.36 bits per heavy atom. The lowest BCUT2D eigenvalue weighted by atomic mass is 9.61. The number of fused-ring (bicyclic) bond motifs is 2. The van der Waals surface area contributed by atoms with Gasteiger partial charge in [-0.15, -0.1) is 0 Å². The van der Waals surface area contributed by atoms with Gasteiger partial charge in [-0.3, -0.25) is 0 Å².